The normalized spacial score (nSPS) is 12.1. The minimum absolute atomic E-state index is 0.148. The van der Waals surface area contributed by atoms with E-state index in [0.717, 1.165) is 0 Å². The topological polar surface area (TPSA) is 72.4 Å². The molecule has 2 rings (SSSR count). The van der Waals surface area contributed by atoms with E-state index >= 15 is 0 Å². The first-order chi connectivity index (χ1) is 14.0. The molecular formula is C17H19F6N5O2. The lowest BCUT2D eigenvalue weighted by Crippen LogP contribution is -2.47. The van der Waals surface area contributed by atoms with Gasteiger partial charge in [0.05, 0.1) is 12.8 Å². The number of nitrogens with zero attached hydrogens (tertiary/aromatic N) is 4. The summed E-state index contributed by atoms with van der Waals surface area (Å²) >= 11 is 0. The van der Waals surface area contributed by atoms with E-state index in [1.54, 1.807) is 38.1 Å². The fourth-order valence-corrected chi connectivity index (χ4v) is 2.40. The number of para-hydroxylation sites is 2. The van der Waals surface area contributed by atoms with Crippen molar-refractivity contribution in [1.82, 2.24) is 15.0 Å². The Balaban J connectivity index is 2.49. The van der Waals surface area contributed by atoms with Crippen molar-refractivity contribution in [1.29, 1.82) is 0 Å². The number of aromatic nitrogens is 3. The Bertz CT molecular complexity index is 828. The Labute approximate surface area is 168 Å². The van der Waals surface area contributed by atoms with Crippen LogP contribution in [-0.4, -0.2) is 53.6 Å². The van der Waals surface area contributed by atoms with Gasteiger partial charge in [0.1, 0.15) is 5.75 Å². The van der Waals surface area contributed by atoms with E-state index < -0.39 is 24.5 Å². The number of ether oxygens (including phenoxy) is 2. The lowest BCUT2D eigenvalue weighted by molar-refractivity contribution is -0.301. The van der Waals surface area contributed by atoms with E-state index in [1.165, 1.54) is 12.0 Å². The fraction of sp³-hybridized carbons (Fsp3) is 0.471. The summed E-state index contributed by atoms with van der Waals surface area (Å²) in [5.41, 5.74) is 0.339. The van der Waals surface area contributed by atoms with Crippen LogP contribution in [0.25, 0.3) is 0 Å². The zero-order chi connectivity index (χ0) is 22.5. The zero-order valence-corrected chi connectivity index (χ0v) is 16.2. The standard InChI is InChI=1S/C17H19F6N5O2/c1-4-28(5-2)14-25-13(24-10-8-6-7-9-11(10)29-3)26-15(27-14)30-12(16(18,19)20)17(21,22)23/h6-9,12H,4-5H2,1-3H3,(H,24,25,26,27). The molecule has 0 aliphatic heterocycles. The third-order valence-corrected chi connectivity index (χ3v) is 3.82. The molecule has 0 fully saturated rings. The van der Waals surface area contributed by atoms with Gasteiger partial charge in [-0.25, -0.2) is 0 Å². The number of benzene rings is 1. The summed E-state index contributed by atoms with van der Waals surface area (Å²) in [5.74, 6) is -0.103. The van der Waals surface area contributed by atoms with Gasteiger partial charge in [0.25, 0.3) is 6.10 Å². The van der Waals surface area contributed by atoms with E-state index in [-0.39, 0.29) is 11.9 Å². The van der Waals surface area contributed by atoms with Crippen LogP contribution in [0.5, 0.6) is 11.8 Å². The molecule has 0 radical (unpaired) electrons. The van der Waals surface area contributed by atoms with Gasteiger partial charge < -0.3 is 19.7 Å². The first-order valence-electron chi connectivity index (χ1n) is 8.70. The molecule has 0 spiro atoms. The van der Waals surface area contributed by atoms with Gasteiger partial charge in [0, 0.05) is 13.1 Å². The highest BCUT2D eigenvalue weighted by atomic mass is 19.4. The molecule has 1 N–H and O–H groups in total. The smallest absolute Gasteiger partial charge is 0.434 e. The average Bonchev–Trinajstić information content (AvgIpc) is 2.66. The maximum absolute atomic E-state index is 12.9. The molecule has 1 aromatic heterocycles. The molecule has 1 aromatic carbocycles. The second kappa shape index (κ2) is 9.22. The predicted octanol–water partition coefficient (Wildman–Crippen LogP) is 4.34. The van der Waals surface area contributed by atoms with Crippen LogP contribution in [0.3, 0.4) is 0 Å². The Morgan fingerprint density at radius 1 is 0.967 bits per heavy atom. The lowest BCUT2D eigenvalue weighted by atomic mass is 10.3. The number of anilines is 3. The van der Waals surface area contributed by atoms with Gasteiger partial charge in [0.2, 0.25) is 11.9 Å². The van der Waals surface area contributed by atoms with Crippen LogP contribution in [-0.2, 0) is 0 Å². The molecule has 7 nitrogen and oxygen atoms in total. The second-order valence-electron chi connectivity index (χ2n) is 5.82. The number of hydrogen-bond acceptors (Lipinski definition) is 7. The maximum atomic E-state index is 12.9. The van der Waals surface area contributed by atoms with E-state index in [1.807, 2.05) is 0 Å². The minimum Gasteiger partial charge on any atom is -0.495 e. The Morgan fingerprint density at radius 2 is 1.57 bits per heavy atom. The van der Waals surface area contributed by atoms with Crippen molar-refractivity contribution in [3.8, 4) is 11.8 Å². The van der Waals surface area contributed by atoms with Crippen molar-refractivity contribution in [3.63, 3.8) is 0 Å². The van der Waals surface area contributed by atoms with Crippen LogP contribution in [0.4, 0.5) is 43.9 Å². The number of hydrogen-bond donors (Lipinski definition) is 1. The molecule has 166 valence electrons. The van der Waals surface area contributed by atoms with Crippen LogP contribution in [0.2, 0.25) is 0 Å². The van der Waals surface area contributed by atoms with Crippen molar-refractivity contribution < 1.29 is 35.8 Å². The van der Waals surface area contributed by atoms with Crippen LogP contribution in [0.1, 0.15) is 13.8 Å². The van der Waals surface area contributed by atoms with Crippen molar-refractivity contribution >= 4 is 17.6 Å². The molecule has 0 amide bonds. The largest absolute Gasteiger partial charge is 0.495 e. The summed E-state index contributed by atoms with van der Waals surface area (Å²) < 4.78 is 86.6. The van der Waals surface area contributed by atoms with Crippen molar-refractivity contribution in [2.75, 3.05) is 30.4 Å². The monoisotopic (exact) mass is 439 g/mol. The molecule has 0 aliphatic carbocycles. The first-order valence-corrected chi connectivity index (χ1v) is 8.70. The molecule has 0 unspecified atom stereocenters. The lowest BCUT2D eigenvalue weighted by Gasteiger charge is -2.24. The second-order valence-corrected chi connectivity index (χ2v) is 5.82. The van der Waals surface area contributed by atoms with Gasteiger partial charge in [-0.1, -0.05) is 12.1 Å². The highest BCUT2D eigenvalue weighted by Crippen LogP contribution is 2.36. The molecule has 0 saturated heterocycles. The molecule has 1 heterocycles. The van der Waals surface area contributed by atoms with Gasteiger partial charge in [-0.15, -0.1) is 0 Å². The molecule has 30 heavy (non-hydrogen) atoms. The van der Waals surface area contributed by atoms with Crippen LogP contribution in [0.15, 0.2) is 24.3 Å². The Morgan fingerprint density at radius 3 is 2.10 bits per heavy atom. The van der Waals surface area contributed by atoms with Crippen molar-refractivity contribution in [3.05, 3.63) is 24.3 Å². The number of rotatable bonds is 8. The number of halogens is 6. The first kappa shape index (κ1) is 23.3. The third kappa shape index (κ3) is 5.76. The summed E-state index contributed by atoms with van der Waals surface area (Å²) in [4.78, 5) is 12.8. The van der Waals surface area contributed by atoms with E-state index in [2.05, 4.69) is 25.0 Å². The molecule has 13 heteroatoms. The van der Waals surface area contributed by atoms with Gasteiger partial charge >= 0.3 is 18.4 Å². The molecule has 0 bridgehead atoms. The van der Waals surface area contributed by atoms with Gasteiger partial charge in [-0.3, -0.25) is 0 Å². The average molecular weight is 439 g/mol. The van der Waals surface area contributed by atoms with Crippen molar-refractivity contribution in [2.45, 2.75) is 32.3 Å². The predicted molar refractivity (Wildman–Crippen MR) is 96.2 cm³/mol. The summed E-state index contributed by atoms with van der Waals surface area (Å²) in [6.07, 6.45) is -15.5. The SMILES string of the molecule is CCN(CC)c1nc(Nc2ccccc2OC)nc(OC(C(F)(F)F)C(F)(F)F)n1. The summed E-state index contributed by atoms with van der Waals surface area (Å²) in [7, 11) is 1.39. The van der Waals surface area contributed by atoms with Crippen LogP contribution < -0.4 is 19.7 Å². The van der Waals surface area contributed by atoms with Gasteiger partial charge in [0.15, 0.2) is 0 Å². The van der Waals surface area contributed by atoms with E-state index in [9.17, 15) is 26.3 Å². The molecule has 0 saturated carbocycles. The molecule has 0 atom stereocenters. The van der Waals surface area contributed by atoms with E-state index in [0.29, 0.717) is 24.5 Å². The Kier molecular flexibility index (Phi) is 7.16. The highest BCUT2D eigenvalue weighted by molar-refractivity contribution is 5.62. The highest BCUT2D eigenvalue weighted by Gasteiger charge is 2.59. The van der Waals surface area contributed by atoms with Crippen LogP contribution >= 0.6 is 0 Å². The zero-order valence-electron chi connectivity index (χ0n) is 16.2. The quantitative estimate of drug-likeness (QED) is 0.614. The summed E-state index contributed by atoms with van der Waals surface area (Å²) in [6.45, 7) is 4.12. The molecular weight excluding hydrogens is 420 g/mol. The third-order valence-electron chi connectivity index (χ3n) is 3.82. The maximum Gasteiger partial charge on any atom is 0.434 e. The summed E-state index contributed by atoms with van der Waals surface area (Å²) in [6, 6.07) is 5.34. The van der Waals surface area contributed by atoms with Gasteiger partial charge in [-0.2, -0.15) is 41.3 Å². The summed E-state index contributed by atoms with van der Waals surface area (Å²) in [5, 5.41) is 2.70. The van der Waals surface area contributed by atoms with Gasteiger partial charge in [-0.05, 0) is 26.0 Å². The van der Waals surface area contributed by atoms with Crippen LogP contribution in [0, 0.1) is 0 Å². The Hall–Kier alpha value is -2.99. The fourth-order valence-electron chi connectivity index (χ4n) is 2.40. The minimum atomic E-state index is -5.71. The number of alkyl halides is 6. The van der Waals surface area contributed by atoms with Crippen molar-refractivity contribution in [2.24, 2.45) is 0 Å². The number of nitrogens with one attached hydrogen (secondary N) is 1. The molecule has 2 aromatic rings. The molecule has 0 aliphatic rings. The van der Waals surface area contributed by atoms with E-state index in [4.69, 9.17) is 4.74 Å². The number of methoxy groups -OCH3 is 1.